The summed E-state index contributed by atoms with van der Waals surface area (Å²) < 4.78 is 19.0. The van der Waals surface area contributed by atoms with Crippen molar-refractivity contribution in [3.05, 3.63) is 58.6 Å². The molecule has 1 aliphatic carbocycles. The van der Waals surface area contributed by atoms with Gasteiger partial charge in [-0.25, -0.2) is 9.37 Å². The van der Waals surface area contributed by atoms with Crippen molar-refractivity contribution in [2.45, 2.75) is 31.7 Å². The molecule has 1 aromatic carbocycles. The number of aromatic nitrogens is 1. The zero-order valence-corrected chi connectivity index (χ0v) is 17.3. The molecule has 0 saturated heterocycles. The van der Waals surface area contributed by atoms with Crippen LogP contribution in [0.5, 0.6) is 0 Å². The Morgan fingerprint density at radius 1 is 1.37 bits per heavy atom. The fraction of sp³-hybridized carbons (Fsp3) is 0.286. The summed E-state index contributed by atoms with van der Waals surface area (Å²) in [5, 5.41) is 11.8. The molecule has 6 nitrogen and oxygen atoms in total. The number of hydrogen-bond donors (Lipinski definition) is 1. The first kappa shape index (κ1) is 20.6. The summed E-state index contributed by atoms with van der Waals surface area (Å²) >= 11 is 7.44. The summed E-state index contributed by atoms with van der Waals surface area (Å²) in [5.74, 6) is -2.01. The lowest BCUT2D eigenvalue weighted by Gasteiger charge is -2.24. The summed E-state index contributed by atoms with van der Waals surface area (Å²) in [4.78, 5) is 30.8. The molecule has 1 saturated carbocycles. The maximum absolute atomic E-state index is 13.7. The summed E-state index contributed by atoms with van der Waals surface area (Å²) in [6, 6.07) is 7.43. The van der Waals surface area contributed by atoms with Crippen molar-refractivity contribution in [2.24, 2.45) is 5.92 Å². The number of carbonyl (C=O) groups excluding carboxylic acids is 1. The minimum atomic E-state index is -1.05. The Morgan fingerprint density at radius 3 is 2.83 bits per heavy atom. The number of benzene rings is 1. The van der Waals surface area contributed by atoms with Gasteiger partial charge in [0.1, 0.15) is 11.6 Å². The molecule has 9 heteroatoms. The van der Waals surface area contributed by atoms with Gasteiger partial charge in [0.15, 0.2) is 5.13 Å². The third-order valence-corrected chi connectivity index (χ3v) is 6.02. The van der Waals surface area contributed by atoms with Gasteiger partial charge in [-0.1, -0.05) is 11.6 Å². The van der Waals surface area contributed by atoms with Gasteiger partial charge in [0.25, 0.3) is 0 Å². The lowest BCUT2D eigenvalue weighted by atomic mass is 9.98. The molecule has 2 heterocycles. The van der Waals surface area contributed by atoms with E-state index in [1.54, 1.807) is 22.4 Å². The van der Waals surface area contributed by atoms with E-state index in [-0.39, 0.29) is 24.8 Å². The summed E-state index contributed by atoms with van der Waals surface area (Å²) in [6.07, 6.45) is 3.02. The molecule has 30 heavy (non-hydrogen) atoms. The second kappa shape index (κ2) is 8.57. The predicted octanol–water partition coefficient (Wildman–Crippen LogP) is 5.02. The molecule has 1 aliphatic rings. The van der Waals surface area contributed by atoms with Gasteiger partial charge in [0, 0.05) is 23.4 Å². The van der Waals surface area contributed by atoms with Crippen LogP contribution in [0.2, 0.25) is 5.02 Å². The Hall–Kier alpha value is -2.71. The van der Waals surface area contributed by atoms with E-state index in [1.807, 2.05) is 0 Å². The fourth-order valence-electron chi connectivity index (χ4n) is 3.28. The van der Waals surface area contributed by atoms with Crippen molar-refractivity contribution in [3.8, 4) is 11.3 Å². The molecule has 0 radical (unpaired) electrons. The standard InChI is InChI=1S/C21H18ClFN2O4S/c22-17-6-3-13(23)10-16(17)18-11-30-21(24-18)25(14-4-5-14)20(28)12(9-19(26)27)8-15-2-1-7-29-15/h1-3,6-7,10-12,14H,4-5,8-9H2,(H,26,27). The van der Waals surface area contributed by atoms with Crippen molar-refractivity contribution < 1.29 is 23.5 Å². The van der Waals surface area contributed by atoms with Crippen LogP contribution in [0.1, 0.15) is 25.0 Å². The molecule has 156 valence electrons. The second-order valence-electron chi connectivity index (χ2n) is 7.16. The van der Waals surface area contributed by atoms with E-state index in [4.69, 9.17) is 16.0 Å². The van der Waals surface area contributed by atoms with Crippen LogP contribution in [-0.4, -0.2) is 28.0 Å². The normalized spacial score (nSPS) is 14.5. The lowest BCUT2D eigenvalue weighted by Crippen LogP contribution is -2.39. The molecule has 0 aliphatic heterocycles. The Morgan fingerprint density at radius 2 is 2.17 bits per heavy atom. The molecule has 1 unspecified atom stereocenters. The molecular formula is C21H18ClFN2O4S. The number of hydrogen-bond acceptors (Lipinski definition) is 5. The third kappa shape index (κ3) is 4.55. The van der Waals surface area contributed by atoms with Gasteiger partial charge in [-0.3, -0.25) is 14.5 Å². The second-order valence-corrected chi connectivity index (χ2v) is 8.40. The Labute approximate surface area is 180 Å². The highest BCUT2D eigenvalue weighted by Gasteiger charge is 2.39. The Bertz CT molecular complexity index is 1060. The average Bonchev–Trinajstić information content (AvgIpc) is 3.18. The van der Waals surface area contributed by atoms with Crippen molar-refractivity contribution in [1.29, 1.82) is 0 Å². The quantitative estimate of drug-likeness (QED) is 0.522. The number of carboxylic acids is 1. The maximum atomic E-state index is 13.7. The number of rotatable bonds is 8. The molecule has 1 amide bonds. The first-order chi connectivity index (χ1) is 14.4. The van der Waals surface area contributed by atoms with Gasteiger partial charge in [-0.05, 0) is 43.2 Å². The molecule has 3 aromatic rings. The highest BCUT2D eigenvalue weighted by Crippen LogP contribution is 2.38. The van der Waals surface area contributed by atoms with Crippen LogP contribution in [0.25, 0.3) is 11.3 Å². The van der Waals surface area contributed by atoms with Gasteiger partial charge in [-0.2, -0.15) is 0 Å². The number of anilines is 1. The highest BCUT2D eigenvalue weighted by molar-refractivity contribution is 7.14. The van der Waals surface area contributed by atoms with E-state index in [0.717, 1.165) is 12.8 Å². The zero-order valence-electron chi connectivity index (χ0n) is 15.8. The highest BCUT2D eigenvalue weighted by atomic mass is 35.5. The summed E-state index contributed by atoms with van der Waals surface area (Å²) in [7, 11) is 0. The fourth-order valence-corrected chi connectivity index (χ4v) is 4.40. The van der Waals surface area contributed by atoms with Crippen molar-refractivity contribution >= 4 is 39.9 Å². The van der Waals surface area contributed by atoms with E-state index in [0.29, 0.717) is 27.2 Å². The topological polar surface area (TPSA) is 83.6 Å². The van der Waals surface area contributed by atoms with Crippen LogP contribution in [-0.2, 0) is 16.0 Å². The molecule has 0 bridgehead atoms. The van der Waals surface area contributed by atoms with Gasteiger partial charge in [-0.15, -0.1) is 11.3 Å². The molecule has 1 fully saturated rings. The monoisotopic (exact) mass is 448 g/mol. The van der Waals surface area contributed by atoms with E-state index < -0.39 is 17.7 Å². The van der Waals surface area contributed by atoms with Crippen LogP contribution in [0.3, 0.4) is 0 Å². The zero-order chi connectivity index (χ0) is 21.3. The van der Waals surface area contributed by atoms with Crippen LogP contribution in [0, 0.1) is 11.7 Å². The predicted molar refractivity (Wildman–Crippen MR) is 111 cm³/mol. The maximum Gasteiger partial charge on any atom is 0.304 e. The lowest BCUT2D eigenvalue weighted by molar-refractivity contribution is -0.140. The Balaban J connectivity index is 1.63. The molecule has 1 atom stereocenters. The molecule has 0 spiro atoms. The van der Waals surface area contributed by atoms with Gasteiger partial charge < -0.3 is 9.52 Å². The van der Waals surface area contributed by atoms with Crippen LogP contribution in [0.4, 0.5) is 9.52 Å². The summed E-state index contributed by atoms with van der Waals surface area (Å²) in [5.41, 5.74) is 0.916. The van der Waals surface area contributed by atoms with Crippen molar-refractivity contribution in [1.82, 2.24) is 4.98 Å². The number of halogens is 2. The molecule has 1 N–H and O–H groups in total. The molecular weight excluding hydrogens is 431 g/mol. The van der Waals surface area contributed by atoms with Crippen LogP contribution >= 0.6 is 22.9 Å². The number of amides is 1. The smallest absolute Gasteiger partial charge is 0.304 e. The van der Waals surface area contributed by atoms with Crippen LogP contribution < -0.4 is 4.90 Å². The number of carboxylic acid groups (broad SMARTS) is 1. The third-order valence-electron chi connectivity index (χ3n) is 4.85. The molecule has 4 rings (SSSR count). The first-order valence-corrected chi connectivity index (χ1v) is 10.7. The number of furan rings is 1. The van der Waals surface area contributed by atoms with Gasteiger partial charge in [0.05, 0.1) is 29.3 Å². The van der Waals surface area contributed by atoms with Gasteiger partial charge in [0.2, 0.25) is 5.91 Å². The van der Waals surface area contributed by atoms with E-state index in [1.165, 1.54) is 35.8 Å². The van der Waals surface area contributed by atoms with E-state index in [2.05, 4.69) is 4.98 Å². The summed E-state index contributed by atoms with van der Waals surface area (Å²) in [6.45, 7) is 0. The van der Waals surface area contributed by atoms with Crippen molar-refractivity contribution in [3.63, 3.8) is 0 Å². The number of aliphatic carboxylic acids is 1. The average molecular weight is 449 g/mol. The molecule has 2 aromatic heterocycles. The number of nitrogens with zero attached hydrogens (tertiary/aromatic N) is 2. The van der Waals surface area contributed by atoms with Crippen LogP contribution in [0.15, 0.2) is 46.4 Å². The minimum absolute atomic E-state index is 0.0209. The number of carbonyl (C=O) groups is 2. The van der Waals surface area contributed by atoms with E-state index >= 15 is 0 Å². The van der Waals surface area contributed by atoms with Gasteiger partial charge >= 0.3 is 5.97 Å². The Kier molecular flexibility index (Phi) is 5.87. The largest absolute Gasteiger partial charge is 0.481 e. The number of thiazole rings is 1. The minimum Gasteiger partial charge on any atom is -0.481 e. The first-order valence-electron chi connectivity index (χ1n) is 9.40. The van der Waals surface area contributed by atoms with Crippen molar-refractivity contribution in [2.75, 3.05) is 4.90 Å². The SMILES string of the molecule is O=C(O)CC(Cc1ccco1)C(=O)N(c1nc(-c2cc(F)ccc2Cl)cs1)C1CC1. The van der Waals surface area contributed by atoms with E-state index in [9.17, 15) is 19.1 Å².